The van der Waals surface area contributed by atoms with Gasteiger partial charge in [0.05, 0.1) is 0 Å². The second-order valence-electron chi connectivity index (χ2n) is 19.5. The average Bonchev–Trinajstić information content (AvgIpc) is 3.34. The predicted octanol–water partition coefficient (Wildman–Crippen LogP) is 19.6. The first-order valence-electron chi connectivity index (χ1n) is 29.3. The molecule has 0 spiro atoms. The zero-order valence-corrected chi connectivity index (χ0v) is 45.1. The average molecular weight is 952 g/mol. The van der Waals surface area contributed by atoms with E-state index in [9.17, 15) is 14.4 Å². The summed E-state index contributed by atoms with van der Waals surface area (Å²) in [7, 11) is 0. The first-order valence-corrected chi connectivity index (χ1v) is 29.3. The third kappa shape index (κ3) is 54.1. The SMILES string of the molecule is CC/C=C\C/C=C\C/C=C\C/C=C\CCCCC(=O)OCC(COC(=O)CCCCCCCCC/C=C\CCCCCCCCC)OC(=O)CCCCCCCCCCCCCCCCCCC. The van der Waals surface area contributed by atoms with Crippen molar-refractivity contribution in [2.45, 2.75) is 303 Å². The van der Waals surface area contributed by atoms with E-state index in [0.717, 1.165) is 83.5 Å². The molecule has 0 aliphatic rings. The van der Waals surface area contributed by atoms with Gasteiger partial charge in [-0.05, 0) is 83.5 Å². The highest BCUT2D eigenvalue weighted by molar-refractivity contribution is 5.71. The minimum absolute atomic E-state index is 0.0871. The number of rotatable bonds is 53. The van der Waals surface area contributed by atoms with Gasteiger partial charge in [-0.25, -0.2) is 0 Å². The topological polar surface area (TPSA) is 78.9 Å². The van der Waals surface area contributed by atoms with Gasteiger partial charge < -0.3 is 14.2 Å². The predicted molar refractivity (Wildman–Crippen MR) is 293 cm³/mol. The van der Waals surface area contributed by atoms with Crippen LogP contribution in [0.4, 0.5) is 0 Å². The molecule has 0 amide bonds. The van der Waals surface area contributed by atoms with Gasteiger partial charge in [0.15, 0.2) is 6.10 Å². The number of ether oxygens (including phenoxy) is 3. The van der Waals surface area contributed by atoms with Crippen molar-refractivity contribution in [2.75, 3.05) is 13.2 Å². The van der Waals surface area contributed by atoms with Gasteiger partial charge in [-0.3, -0.25) is 14.4 Å². The van der Waals surface area contributed by atoms with E-state index in [4.69, 9.17) is 14.2 Å². The van der Waals surface area contributed by atoms with Crippen molar-refractivity contribution in [3.63, 3.8) is 0 Å². The largest absolute Gasteiger partial charge is 0.462 e. The van der Waals surface area contributed by atoms with Crippen molar-refractivity contribution in [3.8, 4) is 0 Å². The molecule has 0 heterocycles. The van der Waals surface area contributed by atoms with Crippen LogP contribution in [-0.2, 0) is 28.6 Å². The number of carbonyl (C=O) groups is 3. The van der Waals surface area contributed by atoms with Crippen molar-refractivity contribution in [3.05, 3.63) is 60.8 Å². The van der Waals surface area contributed by atoms with Crippen molar-refractivity contribution in [1.82, 2.24) is 0 Å². The molecule has 0 N–H and O–H groups in total. The zero-order valence-electron chi connectivity index (χ0n) is 45.1. The Bertz CT molecular complexity index is 1230. The molecule has 0 saturated carbocycles. The molecule has 6 heteroatoms. The normalized spacial score (nSPS) is 12.5. The van der Waals surface area contributed by atoms with E-state index < -0.39 is 6.10 Å². The molecule has 0 bridgehead atoms. The Kier molecular flexibility index (Phi) is 54.3. The highest BCUT2D eigenvalue weighted by Gasteiger charge is 2.19. The van der Waals surface area contributed by atoms with Crippen LogP contribution in [0.3, 0.4) is 0 Å². The summed E-state index contributed by atoms with van der Waals surface area (Å²) in [6.07, 6.45) is 70.7. The van der Waals surface area contributed by atoms with Gasteiger partial charge in [0.25, 0.3) is 0 Å². The molecule has 0 aliphatic carbocycles. The summed E-state index contributed by atoms with van der Waals surface area (Å²) in [4.78, 5) is 38.2. The lowest BCUT2D eigenvalue weighted by molar-refractivity contribution is -0.167. The van der Waals surface area contributed by atoms with Crippen LogP contribution < -0.4 is 0 Å². The monoisotopic (exact) mass is 951 g/mol. The number of unbranched alkanes of at least 4 members (excludes halogenated alkanes) is 32. The number of esters is 3. The third-order valence-corrected chi connectivity index (χ3v) is 12.8. The van der Waals surface area contributed by atoms with E-state index in [0.29, 0.717) is 19.3 Å². The smallest absolute Gasteiger partial charge is 0.306 e. The molecule has 0 aromatic heterocycles. The Labute approximate surface area is 421 Å². The zero-order chi connectivity index (χ0) is 49.3. The maximum atomic E-state index is 12.9. The van der Waals surface area contributed by atoms with E-state index >= 15 is 0 Å². The molecule has 0 rings (SSSR count). The maximum Gasteiger partial charge on any atom is 0.306 e. The van der Waals surface area contributed by atoms with E-state index in [1.807, 2.05) is 0 Å². The summed E-state index contributed by atoms with van der Waals surface area (Å²) >= 11 is 0. The number of carbonyl (C=O) groups excluding carboxylic acids is 3. The Morgan fingerprint density at radius 3 is 0.941 bits per heavy atom. The lowest BCUT2D eigenvalue weighted by Gasteiger charge is -2.18. The van der Waals surface area contributed by atoms with Crippen molar-refractivity contribution < 1.29 is 28.6 Å². The Balaban J connectivity index is 4.40. The number of hydrogen-bond donors (Lipinski definition) is 0. The molecule has 0 aliphatic heterocycles. The molecule has 0 fully saturated rings. The van der Waals surface area contributed by atoms with Crippen molar-refractivity contribution in [1.29, 1.82) is 0 Å². The minimum atomic E-state index is -0.791. The summed E-state index contributed by atoms with van der Waals surface area (Å²) in [5, 5.41) is 0. The molecule has 394 valence electrons. The number of hydrogen-bond acceptors (Lipinski definition) is 6. The summed E-state index contributed by atoms with van der Waals surface area (Å²) in [5.74, 6) is -0.920. The van der Waals surface area contributed by atoms with Gasteiger partial charge in [-0.15, -0.1) is 0 Å². The van der Waals surface area contributed by atoms with Crippen molar-refractivity contribution in [2.24, 2.45) is 0 Å². The Morgan fingerprint density at radius 2 is 0.574 bits per heavy atom. The van der Waals surface area contributed by atoms with Crippen LogP contribution in [0.25, 0.3) is 0 Å². The van der Waals surface area contributed by atoms with Crippen LogP contribution in [0.15, 0.2) is 60.8 Å². The molecule has 0 radical (unpaired) electrons. The van der Waals surface area contributed by atoms with E-state index in [1.165, 1.54) is 173 Å². The van der Waals surface area contributed by atoms with Gasteiger partial charge in [0, 0.05) is 19.3 Å². The summed E-state index contributed by atoms with van der Waals surface area (Å²) in [6, 6.07) is 0. The van der Waals surface area contributed by atoms with Crippen LogP contribution in [0.5, 0.6) is 0 Å². The van der Waals surface area contributed by atoms with Gasteiger partial charge in [0.1, 0.15) is 13.2 Å². The minimum Gasteiger partial charge on any atom is -0.462 e. The molecule has 0 saturated heterocycles. The van der Waals surface area contributed by atoms with Gasteiger partial charge >= 0.3 is 17.9 Å². The van der Waals surface area contributed by atoms with Gasteiger partial charge in [-0.2, -0.15) is 0 Å². The second kappa shape index (κ2) is 56.7. The molecule has 0 aromatic rings. The van der Waals surface area contributed by atoms with Crippen LogP contribution >= 0.6 is 0 Å². The Morgan fingerprint density at radius 1 is 0.309 bits per heavy atom. The summed E-state index contributed by atoms with van der Waals surface area (Å²) in [5.41, 5.74) is 0. The third-order valence-electron chi connectivity index (χ3n) is 12.8. The fraction of sp³-hybridized carbons (Fsp3) is 0.790. The lowest BCUT2D eigenvalue weighted by atomic mass is 10.0. The lowest BCUT2D eigenvalue weighted by Crippen LogP contribution is -2.30. The van der Waals surface area contributed by atoms with E-state index in [1.54, 1.807) is 0 Å². The van der Waals surface area contributed by atoms with Crippen LogP contribution in [0.2, 0.25) is 0 Å². The first kappa shape index (κ1) is 65.1. The standard InChI is InChI=1S/C62H110O6/c1-4-7-10-13-16-19-22-25-28-30-32-34-37-40-43-46-49-52-55-61(64)67-58-59(57-66-60(63)54-51-48-45-42-39-36-33-27-24-21-18-15-12-9-6-3)68-62(65)56-53-50-47-44-41-38-35-31-29-26-23-20-17-14-11-8-5-2/h9,12,18,21,27-28,30,33,39,42,59H,4-8,10-11,13-17,19-20,22-26,29,31-32,34-38,40-41,43-58H2,1-3H3/b12-9-,21-18-,30-28-,33-27-,42-39-. The second-order valence-corrected chi connectivity index (χ2v) is 19.5. The fourth-order valence-corrected chi connectivity index (χ4v) is 8.37. The van der Waals surface area contributed by atoms with Crippen LogP contribution in [0, 0.1) is 0 Å². The first-order chi connectivity index (χ1) is 33.5. The van der Waals surface area contributed by atoms with Crippen molar-refractivity contribution >= 4 is 17.9 Å². The van der Waals surface area contributed by atoms with Crippen LogP contribution in [-0.4, -0.2) is 37.2 Å². The summed E-state index contributed by atoms with van der Waals surface area (Å²) in [6.45, 7) is 6.52. The fourth-order valence-electron chi connectivity index (χ4n) is 8.37. The molecular formula is C62H110O6. The molecule has 68 heavy (non-hydrogen) atoms. The highest BCUT2D eigenvalue weighted by atomic mass is 16.6. The van der Waals surface area contributed by atoms with Crippen LogP contribution in [0.1, 0.15) is 297 Å². The molecule has 0 aromatic carbocycles. The molecule has 1 unspecified atom stereocenters. The quantitative estimate of drug-likeness (QED) is 0.0262. The van der Waals surface area contributed by atoms with Gasteiger partial charge in [0.2, 0.25) is 0 Å². The van der Waals surface area contributed by atoms with E-state index in [2.05, 4.69) is 81.5 Å². The number of allylic oxidation sites excluding steroid dienone is 10. The molecule has 1 atom stereocenters. The highest BCUT2D eigenvalue weighted by Crippen LogP contribution is 2.16. The Hall–Kier alpha value is -2.89. The van der Waals surface area contributed by atoms with Gasteiger partial charge in [-0.1, -0.05) is 255 Å². The molecular weight excluding hydrogens is 841 g/mol. The van der Waals surface area contributed by atoms with E-state index in [-0.39, 0.29) is 31.1 Å². The summed E-state index contributed by atoms with van der Waals surface area (Å²) < 4.78 is 16.8. The maximum absolute atomic E-state index is 12.9. The molecule has 6 nitrogen and oxygen atoms in total.